The molecule has 3 rings (SSSR count). The number of carbonyl (C=O) groups excluding carboxylic acids is 2. The molecule has 0 radical (unpaired) electrons. The van der Waals surface area contributed by atoms with Crippen molar-refractivity contribution >= 4 is 23.2 Å². The molecule has 0 unspecified atom stereocenters. The van der Waals surface area contributed by atoms with Crippen LogP contribution in [0.25, 0.3) is 0 Å². The van der Waals surface area contributed by atoms with Gasteiger partial charge in [0.25, 0.3) is 11.8 Å². The number of ether oxygens (including phenoxy) is 3. The van der Waals surface area contributed by atoms with Gasteiger partial charge in [-0.1, -0.05) is 6.07 Å². The smallest absolute Gasteiger partial charge is 0.262 e. The first-order valence-corrected chi connectivity index (χ1v) is 7.21. The average molecular weight is 328 g/mol. The van der Waals surface area contributed by atoms with Crippen molar-refractivity contribution in [2.24, 2.45) is 0 Å². The molecule has 0 aliphatic carbocycles. The Morgan fingerprint density at radius 3 is 2.54 bits per heavy atom. The summed E-state index contributed by atoms with van der Waals surface area (Å²) in [5.41, 5.74) is 1.26. The van der Waals surface area contributed by atoms with Crippen molar-refractivity contribution < 1.29 is 23.8 Å². The Morgan fingerprint density at radius 2 is 1.88 bits per heavy atom. The number of hydrogen-bond acceptors (Lipinski definition) is 5. The number of benzene rings is 2. The summed E-state index contributed by atoms with van der Waals surface area (Å²) >= 11 is 0. The average Bonchev–Trinajstić information content (AvgIpc) is 2.61. The minimum atomic E-state index is -0.361. The van der Waals surface area contributed by atoms with Gasteiger partial charge in [-0.15, -0.1) is 0 Å². The molecule has 0 saturated heterocycles. The Balaban J connectivity index is 1.89. The second kappa shape index (κ2) is 6.49. The van der Waals surface area contributed by atoms with Gasteiger partial charge in [0, 0.05) is 11.6 Å². The molecule has 124 valence electrons. The van der Waals surface area contributed by atoms with Gasteiger partial charge in [0.1, 0.15) is 22.9 Å². The number of carbonyl (C=O) groups is 2. The van der Waals surface area contributed by atoms with E-state index >= 15 is 0 Å². The van der Waals surface area contributed by atoms with Crippen molar-refractivity contribution in [2.75, 3.05) is 31.5 Å². The predicted octanol–water partition coefficient (Wildman–Crippen LogP) is 2.29. The number of para-hydroxylation sites is 1. The molecule has 0 aromatic heterocycles. The lowest BCUT2D eigenvalue weighted by Gasteiger charge is -2.21. The lowest BCUT2D eigenvalue weighted by molar-refractivity contribution is -0.118. The van der Waals surface area contributed by atoms with Gasteiger partial charge in [0.15, 0.2) is 6.61 Å². The molecule has 2 aromatic carbocycles. The van der Waals surface area contributed by atoms with Gasteiger partial charge in [-0.05, 0) is 24.3 Å². The van der Waals surface area contributed by atoms with Crippen molar-refractivity contribution in [1.82, 2.24) is 0 Å². The van der Waals surface area contributed by atoms with Gasteiger partial charge in [0.2, 0.25) is 0 Å². The SMILES string of the molecule is COc1cc(OC)cc(C(=O)Nc2cccc3c2NC(=O)CO3)c1. The number of rotatable bonds is 4. The maximum atomic E-state index is 12.5. The first kappa shape index (κ1) is 15.7. The van der Waals surface area contributed by atoms with Gasteiger partial charge in [-0.2, -0.15) is 0 Å². The fourth-order valence-corrected chi connectivity index (χ4v) is 2.34. The molecule has 2 amide bonds. The predicted molar refractivity (Wildman–Crippen MR) is 88.1 cm³/mol. The molecule has 0 fully saturated rings. The Labute approximate surface area is 138 Å². The summed E-state index contributed by atoms with van der Waals surface area (Å²) in [5, 5.41) is 5.47. The summed E-state index contributed by atoms with van der Waals surface area (Å²) < 4.78 is 15.7. The largest absolute Gasteiger partial charge is 0.497 e. The fourth-order valence-electron chi connectivity index (χ4n) is 2.34. The quantitative estimate of drug-likeness (QED) is 0.899. The molecule has 0 spiro atoms. The Hall–Kier alpha value is -3.22. The van der Waals surface area contributed by atoms with Crippen molar-refractivity contribution in [3.63, 3.8) is 0 Å². The molecule has 7 heteroatoms. The molecule has 7 nitrogen and oxygen atoms in total. The van der Waals surface area contributed by atoms with Crippen LogP contribution >= 0.6 is 0 Å². The Kier molecular flexibility index (Phi) is 4.24. The van der Waals surface area contributed by atoms with E-state index in [9.17, 15) is 9.59 Å². The molecule has 0 bridgehead atoms. The topological polar surface area (TPSA) is 85.9 Å². The second-order valence-corrected chi connectivity index (χ2v) is 5.07. The van der Waals surface area contributed by atoms with E-state index in [0.29, 0.717) is 34.2 Å². The highest BCUT2D eigenvalue weighted by atomic mass is 16.5. The number of amides is 2. The summed E-state index contributed by atoms with van der Waals surface area (Å²) in [6.45, 7) is -0.0442. The minimum absolute atomic E-state index is 0.0442. The Bertz CT molecular complexity index is 781. The van der Waals surface area contributed by atoms with Gasteiger partial charge >= 0.3 is 0 Å². The Morgan fingerprint density at radius 1 is 1.17 bits per heavy atom. The van der Waals surface area contributed by atoms with Crippen molar-refractivity contribution in [1.29, 1.82) is 0 Å². The lowest BCUT2D eigenvalue weighted by Crippen LogP contribution is -2.26. The van der Waals surface area contributed by atoms with Gasteiger partial charge in [0.05, 0.1) is 19.9 Å². The summed E-state index contributed by atoms with van der Waals surface area (Å²) in [4.78, 5) is 24.1. The van der Waals surface area contributed by atoms with E-state index in [-0.39, 0.29) is 18.4 Å². The third-order valence-electron chi connectivity index (χ3n) is 3.51. The molecular formula is C17H16N2O5. The molecule has 24 heavy (non-hydrogen) atoms. The summed E-state index contributed by atoms with van der Waals surface area (Å²) in [7, 11) is 3.02. The number of anilines is 2. The molecule has 0 atom stereocenters. The van der Waals surface area contributed by atoms with Crippen LogP contribution in [0.1, 0.15) is 10.4 Å². The summed E-state index contributed by atoms with van der Waals surface area (Å²) in [5.74, 6) is 0.890. The van der Waals surface area contributed by atoms with Crippen LogP contribution in [0.15, 0.2) is 36.4 Å². The van der Waals surface area contributed by atoms with Crippen LogP contribution in [-0.4, -0.2) is 32.6 Å². The van der Waals surface area contributed by atoms with E-state index < -0.39 is 0 Å². The van der Waals surface area contributed by atoms with Crippen molar-refractivity contribution in [3.8, 4) is 17.2 Å². The van der Waals surface area contributed by atoms with Crippen LogP contribution in [0.2, 0.25) is 0 Å². The third-order valence-corrected chi connectivity index (χ3v) is 3.51. The number of nitrogens with one attached hydrogen (secondary N) is 2. The van der Waals surface area contributed by atoms with E-state index in [1.54, 1.807) is 36.4 Å². The normalized spacial score (nSPS) is 12.5. The maximum absolute atomic E-state index is 12.5. The van der Waals surface area contributed by atoms with Gasteiger partial charge < -0.3 is 24.8 Å². The highest BCUT2D eigenvalue weighted by Gasteiger charge is 2.20. The van der Waals surface area contributed by atoms with Gasteiger partial charge in [-0.25, -0.2) is 0 Å². The molecule has 1 aliphatic heterocycles. The van der Waals surface area contributed by atoms with Crippen LogP contribution in [0.3, 0.4) is 0 Å². The van der Waals surface area contributed by atoms with E-state index in [1.807, 2.05) is 0 Å². The fraction of sp³-hybridized carbons (Fsp3) is 0.176. The molecule has 1 heterocycles. The third kappa shape index (κ3) is 3.10. The maximum Gasteiger partial charge on any atom is 0.262 e. The van der Waals surface area contributed by atoms with E-state index in [1.165, 1.54) is 14.2 Å². The van der Waals surface area contributed by atoms with Crippen LogP contribution in [0.4, 0.5) is 11.4 Å². The number of hydrogen-bond donors (Lipinski definition) is 2. The summed E-state index contributed by atoms with van der Waals surface area (Å²) in [6.07, 6.45) is 0. The molecule has 2 aromatic rings. The highest BCUT2D eigenvalue weighted by molar-refractivity contribution is 6.09. The van der Waals surface area contributed by atoms with Crippen LogP contribution in [0.5, 0.6) is 17.2 Å². The van der Waals surface area contributed by atoms with E-state index in [4.69, 9.17) is 14.2 Å². The molecule has 2 N–H and O–H groups in total. The van der Waals surface area contributed by atoms with E-state index in [2.05, 4.69) is 10.6 Å². The minimum Gasteiger partial charge on any atom is -0.497 e. The molecular weight excluding hydrogens is 312 g/mol. The number of fused-ring (bicyclic) bond motifs is 1. The zero-order valence-corrected chi connectivity index (χ0v) is 13.2. The molecule has 1 aliphatic rings. The van der Waals surface area contributed by atoms with Gasteiger partial charge in [-0.3, -0.25) is 9.59 Å². The van der Waals surface area contributed by atoms with Crippen molar-refractivity contribution in [3.05, 3.63) is 42.0 Å². The zero-order valence-electron chi connectivity index (χ0n) is 13.2. The second-order valence-electron chi connectivity index (χ2n) is 5.07. The summed E-state index contributed by atoms with van der Waals surface area (Å²) in [6, 6.07) is 10.0. The zero-order chi connectivity index (χ0) is 17.1. The van der Waals surface area contributed by atoms with E-state index in [0.717, 1.165) is 0 Å². The monoisotopic (exact) mass is 328 g/mol. The standard InChI is InChI=1S/C17H16N2O5/c1-22-11-6-10(7-12(8-11)23-2)17(21)18-13-4-3-5-14-16(13)19-15(20)9-24-14/h3-8H,9H2,1-2H3,(H,18,21)(H,19,20). The first-order valence-electron chi connectivity index (χ1n) is 7.21. The number of methoxy groups -OCH3 is 2. The van der Waals surface area contributed by atoms with Crippen LogP contribution in [-0.2, 0) is 4.79 Å². The van der Waals surface area contributed by atoms with Crippen molar-refractivity contribution in [2.45, 2.75) is 0 Å². The van der Waals surface area contributed by atoms with Crippen LogP contribution < -0.4 is 24.8 Å². The molecule has 0 saturated carbocycles. The lowest BCUT2D eigenvalue weighted by atomic mass is 10.1. The first-order chi connectivity index (χ1) is 11.6. The van der Waals surface area contributed by atoms with Crippen LogP contribution in [0, 0.1) is 0 Å². The highest BCUT2D eigenvalue weighted by Crippen LogP contribution is 2.35.